The van der Waals surface area contributed by atoms with Crippen molar-refractivity contribution >= 4 is 10.0 Å². The molecule has 102 valence electrons. The van der Waals surface area contributed by atoms with Crippen LogP contribution < -0.4 is 5.73 Å². The monoisotopic (exact) mass is 280 g/mol. The van der Waals surface area contributed by atoms with E-state index in [2.05, 4.69) is 10.2 Å². The Labute approximate surface area is 112 Å². The van der Waals surface area contributed by atoms with Crippen LogP contribution in [-0.4, -0.2) is 30.0 Å². The average molecular weight is 280 g/mol. The fraction of sp³-hybridized carbons (Fsp3) is 0.250. The Balaban J connectivity index is 2.25. The molecule has 1 aromatic carbocycles. The van der Waals surface area contributed by atoms with Crippen LogP contribution in [0.5, 0.6) is 0 Å². The first-order valence-corrected chi connectivity index (χ1v) is 7.22. The first-order chi connectivity index (χ1) is 9.05. The molecule has 7 heteroatoms. The molecule has 0 amide bonds. The highest BCUT2D eigenvalue weighted by Gasteiger charge is 2.25. The summed E-state index contributed by atoms with van der Waals surface area (Å²) >= 11 is 0. The molecule has 0 radical (unpaired) electrons. The predicted octanol–water partition coefficient (Wildman–Crippen LogP) is 0.689. The highest BCUT2D eigenvalue weighted by molar-refractivity contribution is 7.89. The minimum atomic E-state index is -3.60. The average Bonchev–Trinajstić information content (AvgIpc) is 2.88. The van der Waals surface area contributed by atoms with Crippen molar-refractivity contribution in [3.63, 3.8) is 0 Å². The molecule has 3 N–H and O–H groups in total. The number of hydrogen-bond donors (Lipinski definition) is 2. The van der Waals surface area contributed by atoms with Gasteiger partial charge < -0.3 is 5.73 Å². The van der Waals surface area contributed by atoms with Crippen LogP contribution in [0.2, 0.25) is 0 Å². The van der Waals surface area contributed by atoms with E-state index in [9.17, 15) is 8.42 Å². The van der Waals surface area contributed by atoms with Crippen molar-refractivity contribution in [2.75, 3.05) is 7.05 Å². The third kappa shape index (κ3) is 2.83. The molecule has 0 aliphatic heterocycles. The quantitative estimate of drug-likeness (QED) is 0.842. The zero-order valence-corrected chi connectivity index (χ0v) is 11.4. The SMILES string of the molecule is CN(Cc1ccccc1)S(=O)(=O)c1[nH]ncc1CN. The molecular weight excluding hydrogens is 264 g/mol. The number of sulfonamides is 1. The van der Waals surface area contributed by atoms with Crippen LogP contribution in [0.1, 0.15) is 11.1 Å². The second-order valence-corrected chi connectivity index (χ2v) is 6.16. The van der Waals surface area contributed by atoms with Gasteiger partial charge in [-0.2, -0.15) is 9.40 Å². The van der Waals surface area contributed by atoms with E-state index >= 15 is 0 Å². The fourth-order valence-corrected chi connectivity index (χ4v) is 3.02. The molecule has 1 heterocycles. The van der Waals surface area contributed by atoms with E-state index in [1.54, 1.807) is 0 Å². The van der Waals surface area contributed by atoms with Crippen LogP contribution >= 0.6 is 0 Å². The summed E-state index contributed by atoms with van der Waals surface area (Å²) < 4.78 is 26.0. The lowest BCUT2D eigenvalue weighted by Gasteiger charge is -2.16. The first kappa shape index (κ1) is 13.7. The molecule has 0 saturated carbocycles. The summed E-state index contributed by atoms with van der Waals surface area (Å²) in [5.74, 6) is 0. The molecule has 19 heavy (non-hydrogen) atoms. The zero-order chi connectivity index (χ0) is 13.9. The van der Waals surface area contributed by atoms with Gasteiger partial charge in [0.15, 0.2) is 5.03 Å². The Kier molecular flexibility index (Phi) is 3.98. The van der Waals surface area contributed by atoms with Gasteiger partial charge in [-0.25, -0.2) is 8.42 Å². The second kappa shape index (κ2) is 5.52. The summed E-state index contributed by atoms with van der Waals surface area (Å²) in [7, 11) is -2.07. The van der Waals surface area contributed by atoms with Crippen molar-refractivity contribution < 1.29 is 8.42 Å². The zero-order valence-electron chi connectivity index (χ0n) is 10.6. The lowest BCUT2D eigenvalue weighted by Crippen LogP contribution is -2.27. The van der Waals surface area contributed by atoms with Crippen molar-refractivity contribution in [1.29, 1.82) is 0 Å². The summed E-state index contributed by atoms with van der Waals surface area (Å²) in [5.41, 5.74) is 6.91. The van der Waals surface area contributed by atoms with E-state index in [-0.39, 0.29) is 11.6 Å². The molecule has 0 spiro atoms. The summed E-state index contributed by atoms with van der Waals surface area (Å²) in [6.07, 6.45) is 1.43. The van der Waals surface area contributed by atoms with Crippen LogP contribution in [0.4, 0.5) is 0 Å². The molecule has 0 atom stereocenters. The van der Waals surface area contributed by atoms with Gasteiger partial charge in [0, 0.05) is 25.7 Å². The van der Waals surface area contributed by atoms with E-state index in [0.29, 0.717) is 12.1 Å². The molecule has 2 aromatic rings. The van der Waals surface area contributed by atoms with Crippen molar-refractivity contribution in [3.05, 3.63) is 47.7 Å². The van der Waals surface area contributed by atoms with Gasteiger partial charge in [-0.15, -0.1) is 0 Å². The summed E-state index contributed by atoms with van der Waals surface area (Å²) in [4.78, 5) is 0. The molecule has 0 aliphatic carbocycles. The van der Waals surface area contributed by atoms with E-state index in [0.717, 1.165) is 5.56 Å². The third-order valence-electron chi connectivity index (χ3n) is 2.81. The maximum absolute atomic E-state index is 12.4. The van der Waals surface area contributed by atoms with Gasteiger partial charge in [0.1, 0.15) is 0 Å². The number of H-pyrrole nitrogens is 1. The molecule has 0 fully saturated rings. The Hall–Kier alpha value is -1.70. The minimum Gasteiger partial charge on any atom is -0.326 e. The van der Waals surface area contributed by atoms with Gasteiger partial charge in [-0.05, 0) is 5.56 Å². The minimum absolute atomic E-state index is 0.0634. The van der Waals surface area contributed by atoms with E-state index < -0.39 is 10.0 Å². The van der Waals surface area contributed by atoms with Gasteiger partial charge in [-0.3, -0.25) is 5.10 Å². The maximum atomic E-state index is 12.4. The topological polar surface area (TPSA) is 92.1 Å². The van der Waals surface area contributed by atoms with Crippen LogP contribution in [0, 0.1) is 0 Å². The number of aromatic nitrogens is 2. The van der Waals surface area contributed by atoms with Crippen molar-refractivity contribution in [2.45, 2.75) is 18.1 Å². The van der Waals surface area contributed by atoms with Gasteiger partial charge in [-0.1, -0.05) is 30.3 Å². The number of nitrogens with one attached hydrogen (secondary N) is 1. The van der Waals surface area contributed by atoms with E-state index in [4.69, 9.17) is 5.73 Å². The largest absolute Gasteiger partial charge is 0.326 e. The Morgan fingerprint density at radius 3 is 2.63 bits per heavy atom. The fourth-order valence-electron chi connectivity index (χ4n) is 1.75. The highest BCUT2D eigenvalue weighted by atomic mass is 32.2. The van der Waals surface area contributed by atoms with Crippen molar-refractivity contribution in [3.8, 4) is 0 Å². The molecule has 6 nitrogen and oxygen atoms in total. The summed E-state index contributed by atoms with van der Waals surface area (Å²) in [6, 6.07) is 9.39. The third-order valence-corrected chi connectivity index (χ3v) is 4.63. The Morgan fingerprint density at radius 1 is 1.32 bits per heavy atom. The first-order valence-electron chi connectivity index (χ1n) is 5.78. The van der Waals surface area contributed by atoms with Crippen LogP contribution in [0.15, 0.2) is 41.6 Å². The second-order valence-electron chi connectivity index (χ2n) is 4.18. The highest BCUT2D eigenvalue weighted by Crippen LogP contribution is 2.17. The predicted molar refractivity (Wildman–Crippen MR) is 71.6 cm³/mol. The number of nitrogens with zero attached hydrogens (tertiary/aromatic N) is 2. The number of aromatic amines is 1. The lowest BCUT2D eigenvalue weighted by atomic mass is 10.2. The number of nitrogens with two attached hydrogens (primary N) is 1. The van der Waals surface area contributed by atoms with Crippen LogP contribution in [-0.2, 0) is 23.1 Å². The smallest absolute Gasteiger partial charge is 0.260 e. The number of hydrogen-bond acceptors (Lipinski definition) is 4. The summed E-state index contributed by atoms with van der Waals surface area (Å²) in [5, 5.41) is 6.31. The Bertz CT molecular complexity index is 637. The molecular formula is C12H16N4O2S. The van der Waals surface area contributed by atoms with Crippen LogP contribution in [0.25, 0.3) is 0 Å². The lowest BCUT2D eigenvalue weighted by molar-refractivity contribution is 0.463. The standard InChI is InChI=1S/C12H16N4O2S/c1-16(9-10-5-3-2-4-6-10)19(17,18)12-11(7-13)8-14-15-12/h2-6,8H,7,9,13H2,1H3,(H,14,15). The number of rotatable bonds is 5. The van der Waals surface area contributed by atoms with Crippen molar-refractivity contribution in [2.24, 2.45) is 5.73 Å². The molecule has 0 aliphatic rings. The molecule has 0 unspecified atom stereocenters. The molecule has 0 saturated heterocycles. The van der Waals surface area contributed by atoms with Crippen molar-refractivity contribution in [1.82, 2.24) is 14.5 Å². The Morgan fingerprint density at radius 2 is 2.00 bits per heavy atom. The van der Waals surface area contributed by atoms with Gasteiger partial charge in [0.2, 0.25) is 0 Å². The maximum Gasteiger partial charge on any atom is 0.260 e. The molecule has 2 rings (SSSR count). The van der Waals surface area contributed by atoms with E-state index in [1.807, 2.05) is 30.3 Å². The van der Waals surface area contributed by atoms with Gasteiger partial charge in [0.05, 0.1) is 6.20 Å². The number of benzene rings is 1. The van der Waals surface area contributed by atoms with Crippen LogP contribution in [0.3, 0.4) is 0 Å². The summed E-state index contributed by atoms with van der Waals surface area (Å²) in [6.45, 7) is 0.427. The normalized spacial score (nSPS) is 11.9. The van der Waals surface area contributed by atoms with E-state index in [1.165, 1.54) is 17.5 Å². The molecule has 1 aromatic heterocycles. The van der Waals surface area contributed by atoms with Gasteiger partial charge >= 0.3 is 0 Å². The molecule has 0 bridgehead atoms. The van der Waals surface area contributed by atoms with Gasteiger partial charge in [0.25, 0.3) is 10.0 Å².